The minimum absolute atomic E-state index is 0.886. The molecule has 1 aromatic carbocycles. The van der Waals surface area contributed by atoms with E-state index in [0.717, 1.165) is 36.3 Å². The first-order valence-corrected chi connectivity index (χ1v) is 6.90. The van der Waals surface area contributed by atoms with Crippen molar-refractivity contribution in [1.29, 1.82) is 0 Å². The molecular formula is C13H20BrN3. The largest absolute Gasteiger partial charge is 0.398 e. The van der Waals surface area contributed by atoms with Gasteiger partial charge in [0.05, 0.1) is 0 Å². The smallest absolute Gasteiger partial charge is 0.0371 e. The average Bonchev–Trinajstić information content (AvgIpc) is 2.49. The zero-order valence-electron chi connectivity index (χ0n) is 10.3. The topological polar surface area (TPSA) is 32.5 Å². The fourth-order valence-corrected chi connectivity index (χ4v) is 2.73. The summed E-state index contributed by atoms with van der Waals surface area (Å²) < 4.78 is 1.12. The predicted octanol–water partition coefficient (Wildman–Crippen LogP) is 2.17. The van der Waals surface area contributed by atoms with E-state index < -0.39 is 0 Å². The van der Waals surface area contributed by atoms with Crippen LogP contribution in [0.2, 0.25) is 0 Å². The number of benzene rings is 1. The first-order valence-electron chi connectivity index (χ1n) is 6.10. The van der Waals surface area contributed by atoms with E-state index in [2.05, 4.69) is 38.8 Å². The van der Waals surface area contributed by atoms with Crippen LogP contribution < -0.4 is 5.73 Å². The van der Waals surface area contributed by atoms with Crippen molar-refractivity contribution in [3.05, 3.63) is 28.2 Å². The summed E-state index contributed by atoms with van der Waals surface area (Å²) in [7, 11) is 2.19. The number of nitrogen functional groups attached to an aromatic ring is 1. The Labute approximate surface area is 112 Å². The van der Waals surface area contributed by atoms with E-state index in [1.807, 2.05) is 12.1 Å². The summed E-state index contributed by atoms with van der Waals surface area (Å²) in [4.78, 5) is 4.88. The highest BCUT2D eigenvalue weighted by Crippen LogP contribution is 2.24. The monoisotopic (exact) mass is 297 g/mol. The highest BCUT2D eigenvalue weighted by Gasteiger charge is 2.14. The molecule has 0 bridgehead atoms. The summed E-state index contributed by atoms with van der Waals surface area (Å²) in [5.41, 5.74) is 8.14. The second-order valence-corrected chi connectivity index (χ2v) is 5.59. The van der Waals surface area contributed by atoms with Gasteiger partial charge in [0, 0.05) is 35.4 Å². The molecule has 0 saturated carbocycles. The van der Waals surface area contributed by atoms with Crippen molar-refractivity contribution in [2.24, 2.45) is 0 Å². The average molecular weight is 298 g/mol. The molecule has 1 aliphatic heterocycles. The Bertz CT molecular complexity index is 361. The lowest BCUT2D eigenvalue weighted by Crippen LogP contribution is -2.28. The van der Waals surface area contributed by atoms with Gasteiger partial charge >= 0.3 is 0 Å². The SMILES string of the molecule is CN1CCCN(Cc2c(N)cccc2Br)CC1. The van der Waals surface area contributed by atoms with Crippen LogP contribution in [0.5, 0.6) is 0 Å². The molecule has 1 saturated heterocycles. The number of halogens is 1. The van der Waals surface area contributed by atoms with Crippen LogP contribution in [0.4, 0.5) is 5.69 Å². The van der Waals surface area contributed by atoms with Gasteiger partial charge in [-0.15, -0.1) is 0 Å². The number of likely N-dealkylation sites (N-methyl/N-ethyl adjacent to an activating group) is 1. The third-order valence-corrected chi connectivity index (χ3v) is 4.09. The highest BCUT2D eigenvalue weighted by atomic mass is 79.9. The molecule has 0 aromatic heterocycles. The molecule has 3 nitrogen and oxygen atoms in total. The zero-order chi connectivity index (χ0) is 12.3. The summed E-state index contributed by atoms with van der Waals surface area (Å²) in [5, 5.41) is 0. The Hall–Kier alpha value is -0.580. The molecule has 0 atom stereocenters. The third kappa shape index (κ3) is 3.44. The van der Waals surface area contributed by atoms with Crippen LogP contribution in [0.15, 0.2) is 22.7 Å². The second kappa shape index (κ2) is 5.85. The van der Waals surface area contributed by atoms with Crippen LogP contribution in [-0.4, -0.2) is 43.0 Å². The van der Waals surface area contributed by atoms with Crippen molar-refractivity contribution in [3.63, 3.8) is 0 Å². The molecule has 0 amide bonds. The van der Waals surface area contributed by atoms with E-state index in [-0.39, 0.29) is 0 Å². The fraction of sp³-hybridized carbons (Fsp3) is 0.538. The van der Waals surface area contributed by atoms with E-state index in [1.54, 1.807) is 0 Å². The Morgan fingerprint density at radius 1 is 1.24 bits per heavy atom. The van der Waals surface area contributed by atoms with Gasteiger partial charge in [-0.2, -0.15) is 0 Å². The predicted molar refractivity (Wildman–Crippen MR) is 75.9 cm³/mol. The Kier molecular flexibility index (Phi) is 4.42. The maximum atomic E-state index is 6.04. The lowest BCUT2D eigenvalue weighted by atomic mass is 10.1. The Balaban J connectivity index is 2.05. The molecule has 1 fully saturated rings. The van der Waals surface area contributed by atoms with Crippen molar-refractivity contribution in [1.82, 2.24) is 9.80 Å². The summed E-state index contributed by atoms with van der Waals surface area (Å²) in [6, 6.07) is 6.03. The van der Waals surface area contributed by atoms with Gasteiger partial charge in [-0.1, -0.05) is 22.0 Å². The maximum Gasteiger partial charge on any atom is 0.0371 e. The normalized spacial score (nSPS) is 19.2. The fourth-order valence-electron chi connectivity index (χ4n) is 2.22. The molecule has 2 rings (SSSR count). The van der Waals surface area contributed by atoms with E-state index in [0.29, 0.717) is 0 Å². The van der Waals surface area contributed by atoms with Crippen LogP contribution in [0.3, 0.4) is 0 Å². The molecule has 0 radical (unpaired) electrons. The summed E-state index contributed by atoms with van der Waals surface area (Å²) in [6.45, 7) is 5.57. The molecule has 0 aliphatic carbocycles. The number of anilines is 1. The van der Waals surface area contributed by atoms with Gasteiger partial charge in [-0.3, -0.25) is 4.90 Å². The van der Waals surface area contributed by atoms with E-state index in [9.17, 15) is 0 Å². The minimum Gasteiger partial charge on any atom is -0.398 e. The number of nitrogens with zero attached hydrogens (tertiary/aromatic N) is 2. The van der Waals surface area contributed by atoms with Crippen molar-refractivity contribution in [2.45, 2.75) is 13.0 Å². The van der Waals surface area contributed by atoms with E-state index >= 15 is 0 Å². The number of hydrogen-bond acceptors (Lipinski definition) is 3. The standard InChI is InChI=1S/C13H20BrN3/c1-16-6-3-7-17(9-8-16)10-11-12(14)4-2-5-13(11)15/h2,4-5H,3,6-10,15H2,1H3. The molecule has 0 spiro atoms. The van der Waals surface area contributed by atoms with E-state index in [4.69, 9.17) is 5.73 Å². The Morgan fingerprint density at radius 3 is 2.82 bits per heavy atom. The molecule has 2 N–H and O–H groups in total. The van der Waals surface area contributed by atoms with Crippen LogP contribution in [0.25, 0.3) is 0 Å². The van der Waals surface area contributed by atoms with Gasteiger partial charge < -0.3 is 10.6 Å². The van der Waals surface area contributed by atoms with Crippen molar-refractivity contribution in [3.8, 4) is 0 Å². The first kappa shape index (κ1) is 12.9. The number of nitrogens with two attached hydrogens (primary N) is 1. The van der Waals surface area contributed by atoms with Gasteiger partial charge in [-0.05, 0) is 38.7 Å². The molecule has 1 heterocycles. The molecule has 17 heavy (non-hydrogen) atoms. The zero-order valence-corrected chi connectivity index (χ0v) is 11.9. The number of hydrogen-bond donors (Lipinski definition) is 1. The molecule has 4 heteroatoms. The summed E-state index contributed by atoms with van der Waals surface area (Å²) in [6.07, 6.45) is 1.24. The van der Waals surface area contributed by atoms with Crippen molar-refractivity contribution in [2.75, 3.05) is 39.0 Å². The lowest BCUT2D eigenvalue weighted by molar-refractivity contribution is 0.269. The second-order valence-electron chi connectivity index (χ2n) is 4.74. The van der Waals surface area contributed by atoms with Crippen LogP contribution in [-0.2, 0) is 6.54 Å². The van der Waals surface area contributed by atoms with Crippen molar-refractivity contribution >= 4 is 21.6 Å². The van der Waals surface area contributed by atoms with Crippen LogP contribution in [0.1, 0.15) is 12.0 Å². The van der Waals surface area contributed by atoms with Gasteiger partial charge in [0.1, 0.15) is 0 Å². The first-order chi connectivity index (χ1) is 8.16. The Morgan fingerprint density at radius 2 is 2.06 bits per heavy atom. The molecule has 94 valence electrons. The minimum atomic E-state index is 0.886. The van der Waals surface area contributed by atoms with Gasteiger partial charge in [-0.25, -0.2) is 0 Å². The van der Waals surface area contributed by atoms with Gasteiger partial charge in [0.25, 0.3) is 0 Å². The molecule has 1 aliphatic rings. The third-order valence-electron chi connectivity index (χ3n) is 3.35. The molecule has 1 aromatic rings. The van der Waals surface area contributed by atoms with Gasteiger partial charge in [0.15, 0.2) is 0 Å². The highest BCUT2D eigenvalue weighted by molar-refractivity contribution is 9.10. The quantitative estimate of drug-likeness (QED) is 0.849. The lowest BCUT2D eigenvalue weighted by Gasteiger charge is -2.21. The summed E-state index contributed by atoms with van der Waals surface area (Å²) >= 11 is 3.59. The maximum absolute atomic E-state index is 6.04. The number of rotatable bonds is 2. The van der Waals surface area contributed by atoms with Crippen LogP contribution in [0, 0.1) is 0 Å². The molecule has 0 unspecified atom stereocenters. The van der Waals surface area contributed by atoms with E-state index in [1.165, 1.54) is 18.5 Å². The van der Waals surface area contributed by atoms with Gasteiger partial charge in [0.2, 0.25) is 0 Å². The molecular weight excluding hydrogens is 278 g/mol. The van der Waals surface area contributed by atoms with Crippen LogP contribution >= 0.6 is 15.9 Å². The summed E-state index contributed by atoms with van der Waals surface area (Å²) in [5.74, 6) is 0. The van der Waals surface area contributed by atoms with Crippen molar-refractivity contribution < 1.29 is 0 Å².